The van der Waals surface area contributed by atoms with E-state index in [4.69, 9.17) is 0 Å². The molecule has 0 spiro atoms. The number of methoxy groups -OCH3 is 1. The summed E-state index contributed by atoms with van der Waals surface area (Å²) in [5.41, 5.74) is 0. The smallest absolute Gasteiger partial charge is 0.305 e. The lowest BCUT2D eigenvalue weighted by Crippen LogP contribution is -2.33. The zero-order valence-corrected chi connectivity index (χ0v) is 10.4. The Hall–Kier alpha value is -0.660. The number of carbonyl (C=O) groups is 1. The van der Waals surface area contributed by atoms with Gasteiger partial charge in [-0.2, -0.15) is 0 Å². The molecule has 0 saturated heterocycles. The number of carbonyl (C=O) groups excluding carboxylic acids is 1. The molecule has 0 bridgehead atoms. The first kappa shape index (κ1) is 15.3. The van der Waals surface area contributed by atoms with Gasteiger partial charge in [-0.05, 0) is 12.8 Å². The van der Waals surface area contributed by atoms with Gasteiger partial charge in [0.15, 0.2) is 0 Å². The maximum absolute atomic E-state index is 11.3. The van der Waals surface area contributed by atoms with Crippen LogP contribution in [-0.4, -0.2) is 45.0 Å². The highest BCUT2D eigenvalue weighted by Gasteiger charge is 2.12. The van der Waals surface area contributed by atoms with Gasteiger partial charge in [-0.3, -0.25) is 4.79 Å². The number of hydrogen-bond donors (Lipinski definition) is 2. The standard InChI is InChI=1S/C9H19NO5S/c1-3-8(11)7-10-16(13,14)6-4-5-9(12)15-2/h8,10-11H,3-7H2,1-2H3. The van der Waals surface area contributed by atoms with Crippen LogP contribution in [-0.2, 0) is 19.6 Å². The minimum absolute atomic E-state index is 0.0110. The maximum atomic E-state index is 11.3. The molecule has 0 aliphatic carbocycles. The molecule has 6 nitrogen and oxygen atoms in total. The summed E-state index contributed by atoms with van der Waals surface area (Å²) in [5, 5.41) is 9.17. The predicted molar refractivity (Wildman–Crippen MR) is 59.3 cm³/mol. The number of rotatable bonds is 8. The lowest BCUT2D eigenvalue weighted by Gasteiger charge is -2.09. The molecule has 0 rings (SSSR count). The van der Waals surface area contributed by atoms with E-state index in [1.165, 1.54) is 7.11 Å². The van der Waals surface area contributed by atoms with Crippen molar-refractivity contribution < 1.29 is 23.1 Å². The minimum Gasteiger partial charge on any atom is -0.469 e. The van der Waals surface area contributed by atoms with Gasteiger partial charge in [0.05, 0.1) is 19.0 Å². The highest BCUT2D eigenvalue weighted by Crippen LogP contribution is 1.97. The van der Waals surface area contributed by atoms with Gasteiger partial charge in [-0.1, -0.05) is 6.92 Å². The fraction of sp³-hybridized carbons (Fsp3) is 0.889. The molecule has 7 heteroatoms. The third-order valence-electron chi connectivity index (χ3n) is 2.03. The van der Waals surface area contributed by atoms with Gasteiger partial charge < -0.3 is 9.84 Å². The predicted octanol–water partition coefficient (Wildman–Crippen LogP) is -0.370. The second-order valence-corrected chi connectivity index (χ2v) is 5.34. The molecule has 0 aromatic rings. The Morgan fingerprint density at radius 2 is 2.12 bits per heavy atom. The van der Waals surface area contributed by atoms with Crippen LogP contribution in [0, 0.1) is 0 Å². The van der Waals surface area contributed by atoms with Gasteiger partial charge in [0, 0.05) is 13.0 Å². The summed E-state index contributed by atoms with van der Waals surface area (Å²) in [7, 11) is -2.15. The summed E-state index contributed by atoms with van der Waals surface area (Å²) in [6.45, 7) is 1.77. The number of sulfonamides is 1. The molecular weight excluding hydrogens is 234 g/mol. The largest absolute Gasteiger partial charge is 0.469 e. The molecule has 0 fully saturated rings. The van der Waals surface area contributed by atoms with Crippen LogP contribution in [0.3, 0.4) is 0 Å². The van der Waals surface area contributed by atoms with Gasteiger partial charge in [0.1, 0.15) is 0 Å². The van der Waals surface area contributed by atoms with E-state index in [-0.39, 0.29) is 25.1 Å². The van der Waals surface area contributed by atoms with Gasteiger partial charge in [-0.25, -0.2) is 13.1 Å². The lowest BCUT2D eigenvalue weighted by atomic mass is 10.3. The topological polar surface area (TPSA) is 92.7 Å². The number of nitrogens with one attached hydrogen (secondary N) is 1. The van der Waals surface area contributed by atoms with E-state index in [9.17, 15) is 18.3 Å². The molecule has 0 aromatic heterocycles. The molecule has 96 valence electrons. The van der Waals surface area contributed by atoms with Crippen molar-refractivity contribution in [2.45, 2.75) is 32.3 Å². The van der Waals surface area contributed by atoms with Crippen molar-refractivity contribution in [3.05, 3.63) is 0 Å². The van der Waals surface area contributed by atoms with E-state index in [0.717, 1.165) is 0 Å². The minimum atomic E-state index is -3.41. The third-order valence-corrected chi connectivity index (χ3v) is 3.46. The fourth-order valence-electron chi connectivity index (χ4n) is 0.948. The highest BCUT2D eigenvalue weighted by atomic mass is 32.2. The Bertz CT molecular complexity index is 301. The Balaban J connectivity index is 3.83. The number of aliphatic hydroxyl groups is 1. The van der Waals surface area contributed by atoms with Crippen molar-refractivity contribution >= 4 is 16.0 Å². The first-order chi connectivity index (χ1) is 7.41. The molecule has 0 saturated carbocycles. The number of hydrogen-bond acceptors (Lipinski definition) is 5. The molecule has 16 heavy (non-hydrogen) atoms. The van der Waals surface area contributed by atoms with Gasteiger partial charge >= 0.3 is 5.97 Å². The van der Waals surface area contributed by atoms with Crippen LogP contribution in [0.1, 0.15) is 26.2 Å². The molecule has 0 amide bonds. The molecule has 0 heterocycles. The van der Waals surface area contributed by atoms with Crippen LogP contribution < -0.4 is 4.72 Å². The number of esters is 1. The molecule has 0 aliphatic heterocycles. The van der Waals surface area contributed by atoms with Gasteiger partial charge in [0.25, 0.3) is 0 Å². The Morgan fingerprint density at radius 3 is 2.62 bits per heavy atom. The van der Waals surface area contributed by atoms with Gasteiger partial charge in [-0.15, -0.1) is 0 Å². The Kier molecular flexibility index (Phi) is 7.27. The average Bonchev–Trinajstić information content (AvgIpc) is 2.25. The molecule has 0 aliphatic rings. The summed E-state index contributed by atoms with van der Waals surface area (Å²) < 4.78 is 29.4. The van der Waals surface area contributed by atoms with Crippen LogP contribution >= 0.6 is 0 Å². The SMILES string of the molecule is CCC(O)CNS(=O)(=O)CCCC(=O)OC. The fourth-order valence-corrected chi connectivity index (χ4v) is 2.06. The van der Waals surface area contributed by atoms with E-state index in [2.05, 4.69) is 9.46 Å². The lowest BCUT2D eigenvalue weighted by molar-refractivity contribution is -0.140. The van der Waals surface area contributed by atoms with E-state index >= 15 is 0 Å². The molecule has 0 aromatic carbocycles. The highest BCUT2D eigenvalue weighted by molar-refractivity contribution is 7.89. The quantitative estimate of drug-likeness (QED) is 0.576. The summed E-state index contributed by atoms with van der Waals surface area (Å²) in [4.78, 5) is 10.7. The van der Waals surface area contributed by atoms with Crippen molar-refractivity contribution in [1.82, 2.24) is 4.72 Å². The van der Waals surface area contributed by atoms with Crippen molar-refractivity contribution in [3.8, 4) is 0 Å². The maximum Gasteiger partial charge on any atom is 0.305 e. The van der Waals surface area contributed by atoms with E-state index in [0.29, 0.717) is 6.42 Å². The van der Waals surface area contributed by atoms with E-state index in [1.54, 1.807) is 6.92 Å². The second-order valence-electron chi connectivity index (χ2n) is 3.41. The van der Waals surface area contributed by atoms with Crippen LogP contribution in [0.2, 0.25) is 0 Å². The Morgan fingerprint density at radius 1 is 1.50 bits per heavy atom. The van der Waals surface area contributed by atoms with E-state index in [1.807, 2.05) is 0 Å². The van der Waals surface area contributed by atoms with Crippen LogP contribution in [0.15, 0.2) is 0 Å². The van der Waals surface area contributed by atoms with Crippen molar-refractivity contribution in [3.63, 3.8) is 0 Å². The first-order valence-electron chi connectivity index (χ1n) is 5.13. The summed E-state index contributed by atoms with van der Waals surface area (Å²) in [5.74, 6) is -0.567. The average molecular weight is 253 g/mol. The number of ether oxygens (including phenoxy) is 1. The summed E-state index contributed by atoms with van der Waals surface area (Å²) >= 11 is 0. The second kappa shape index (κ2) is 7.59. The van der Waals surface area contributed by atoms with Crippen LogP contribution in [0.5, 0.6) is 0 Å². The van der Waals surface area contributed by atoms with Crippen molar-refractivity contribution in [2.24, 2.45) is 0 Å². The molecule has 1 unspecified atom stereocenters. The molecule has 2 N–H and O–H groups in total. The van der Waals surface area contributed by atoms with Crippen molar-refractivity contribution in [1.29, 1.82) is 0 Å². The van der Waals surface area contributed by atoms with Crippen LogP contribution in [0.25, 0.3) is 0 Å². The van der Waals surface area contributed by atoms with Gasteiger partial charge in [0.2, 0.25) is 10.0 Å². The van der Waals surface area contributed by atoms with E-state index < -0.39 is 22.1 Å². The van der Waals surface area contributed by atoms with Crippen LogP contribution in [0.4, 0.5) is 0 Å². The summed E-state index contributed by atoms with van der Waals surface area (Å²) in [6.07, 6.45) is 0.109. The number of aliphatic hydroxyl groups excluding tert-OH is 1. The van der Waals surface area contributed by atoms with Crippen molar-refractivity contribution in [2.75, 3.05) is 19.4 Å². The molecule has 0 radical (unpaired) electrons. The zero-order valence-electron chi connectivity index (χ0n) is 9.60. The molecule has 1 atom stereocenters. The third kappa shape index (κ3) is 7.61. The molecular formula is C9H19NO5S. The first-order valence-corrected chi connectivity index (χ1v) is 6.78. The monoisotopic (exact) mass is 253 g/mol. The zero-order chi connectivity index (χ0) is 12.6. The summed E-state index contributed by atoms with van der Waals surface area (Å²) in [6, 6.07) is 0. The normalized spacial score (nSPS) is 13.4. The Labute approximate surface area is 96.0 Å².